The fourth-order valence-corrected chi connectivity index (χ4v) is 4.31. The Kier molecular flexibility index (Phi) is 7.15. The van der Waals surface area contributed by atoms with Crippen LogP contribution in [0.1, 0.15) is 19.8 Å². The summed E-state index contributed by atoms with van der Waals surface area (Å²) in [5.41, 5.74) is -0.136. The van der Waals surface area contributed by atoms with Gasteiger partial charge in [0.2, 0.25) is 0 Å². The van der Waals surface area contributed by atoms with Crippen molar-refractivity contribution in [3.8, 4) is 0 Å². The summed E-state index contributed by atoms with van der Waals surface area (Å²) in [4.78, 5) is 40.2. The first-order chi connectivity index (χ1) is 16.2. The number of hydrogen-bond acceptors (Lipinski definition) is 7. The molecule has 12 heteroatoms. The Bertz CT molecular complexity index is 975. The van der Waals surface area contributed by atoms with E-state index >= 15 is 0 Å². The Morgan fingerprint density at radius 3 is 2.41 bits per heavy atom. The maximum Gasteiger partial charge on any atom is 0.414 e. The first-order valence-corrected chi connectivity index (χ1v) is 11.5. The number of piperazine rings is 1. The van der Waals surface area contributed by atoms with Crippen LogP contribution in [0.2, 0.25) is 0 Å². The van der Waals surface area contributed by atoms with Crippen LogP contribution < -0.4 is 15.1 Å². The first-order valence-electron chi connectivity index (χ1n) is 11.1. The number of rotatable bonds is 7. The van der Waals surface area contributed by atoms with E-state index in [-0.39, 0.29) is 56.6 Å². The lowest BCUT2D eigenvalue weighted by Gasteiger charge is -2.36. The van der Waals surface area contributed by atoms with Crippen molar-refractivity contribution in [1.82, 2.24) is 10.2 Å². The molecule has 3 aliphatic rings. The molecule has 1 aromatic rings. The Morgan fingerprint density at radius 2 is 1.82 bits per heavy atom. The quantitative estimate of drug-likeness (QED) is 0.452. The highest BCUT2D eigenvalue weighted by Crippen LogP contribution is 2.32. The number of cyclic esters (lactones) is 1. The van der Waals surface area contributed by atoms with Gasteiger partial charge in [0, 0.05) is 51.2 Å². The second kappa shape index (κ2) is 10.1. The summed E-state index contributed by atoms with van der Waals surface area (Å²) in [6.45, 7) is 2.24. The molecule has 2 heterocycles. The highest BCUT2D eigenvalue weighted by Gasteiger charge is 2.35. The molecule has 2 aliphatic heterocycles. The number of esters is 1. The average Bonchev–Trinajstić information content (AvgIpc) is 3.58. The minimum absolute atomic E-state index is 0.0752. The van der Waals surface area contributed by atoms with Gasteiger partial charge >= 0.3 is 12.1 Å². The molecular weight excluding hydrogens is 470 g/mol. The van der Waals surface area contributed by atoms with Crippen LogP contribution in [0, 0.1) is 17.6 Å². The summed E-state index contributed by atoms with van der Waals surface area (Å²) in [5.74, 6) is -2.13. The third kappa shape index (κ3) is 5.54. The maximum absolute atomic E-state index is 15.0. The van der Waals surface area contributed by atoms with Gasteiger partial charge in [-0.05, 0) is 12.8 Å². The Hall–Kier alpha value is -3.02. The molecule has 0 spiro atoms. The molecule has 9 nitrogen and oxygen atoms in total. The SMILES string of the molecule is CC(=O)OCC(=O)N1CCN(c2c(F)cc(N3CC(CNC(=S)C4CC4)OC3=O)cc2F)CC1. The molecule has 1 atom stereocenters. The van der Waals surface area contributed by atoms with Gasteiger partial charge in [0.15, 0.2) is 18.2 Å². The number of carbonyl (C=O) groups is 3. The molecule has 2 saturated heterocycles. The first kappa shape index (κ1) is 24.1. The number of nitrogens with zero attached hydrogens (tertiary/aromatic N) is 3. The number of anilines is 2. The van der Waals surface area contributed by atoms with E-state index in [4.69, 9.17) is 21.7 Å². The molecule has 4 rings (SSSR count). The van der Waals surface area contributed by atoms with E-state index < -0.39 is 29.8 Å². The number of halogens is 2. The molecule has 34 heavy (non-hydrogen) atoms. The summed E-state index contributed by atoms with van der Waals surface area (Å²) >= 11 is 5.27. The largest absolute Gasteiger partial charge is 0.456 e. The van der Waals surface area contributed by atoms with Crippen molar-refractivity contribution >= 4 is 46.6 Å². The zero-order chi connectivity index (χ0) is 24.4. The van der Waals surface area contributed by atoms with Crippen molar-refractivity contribution in [2.45, 2.75) is 25.9 Å². The lowest BCUT2D eigenvalue weighted by molar-refractivity contribution is -0.150. The lowest BCUT2D eigenvalue weighted by atomic mass is 10.2. The maximum atomic E-state index is 15.0. The molecule has 1 unspecified atom stereocenters. The van der Waals surface area contributed by atoms with Gasteiger partial charge in [-0.1, -0.05) is 12.2 Å². The number of benzene rings is 1. The summed E-state index contributed by atoms with van der Waals surface area (Å²) < 4.78 is 39.9. The molecule has 0 radical (unpaired) electrons. The van der Waals surface area contributed by atoms with Crippen LogP contribution in [0.4, 0.5) is 25.0 Å². The van der Waals surface area contributed by atoms with Crippen molar-refractivity contribution in [2.24, 2.45) is 5.92 Å². The van der Waals surface area contributed by atoms with Gasteiger partial charge in [0.25, 0.3) is 5.91 Å². The molecule has 184 valence electrons. The number of amides is 2. The summed E-state index contributed by atoms with van der Waals surface area (Å²) in [6.07, 6.45) is 0.975. The van der Waals surface area contributed by atoms with Gasteiger partial charge in [-0.25, -0.2) is 13.6 Å². The van der Waals surface area contributed by atoms with Crippen molar-refractivity contribution in [2.75, 3.05) is 55.7 Å². The normalized spacial score (nSPS) is 20.3. The van der Waals surface area contributed by atoms with E-state index in [0.29, 0.717) is 12.5 Å². The van der Waals surface area contributed by atoms with E-state index in [0.717, 1.165) is 30.0 Å². The third-order valence-corrected chi connectivity index (χ3v) is 6.46. The van der Waals surface area contributed by atoms with Gasteiger partial charge < -0.3 is 24.6 Å². The fraction of sp³-hybridized carbons (Fsp3) is 0.545. The highest BCUT2D eigenvalue weighted by molar-refractivity contribution is 7.80. The lowest BCUT2D eigenvalue weighted by Crippen LogP contribution is -2.50. The topological polar surface area (TPSA) is 91.4 Å². The number of thiocarbonyl (C=S) groups is 1. The smallest absolute Gasteiger partial charge is 0.414 e. The summed E-state index contributed by atoms with van der Waals surface area (Å²) in [7, 11) is 0. The number of ether oxygens (including phenoxy) is 2. The van der Waals surface area contributed by atoms with Crippen LogP contribution >= 0.6 is 12.2 Å². The Balaban J connectivity index is 1.36. The van der Waals surface area contributed by atoms with E-state index in [2.05, 4.69) is 5.32 Å². The van der Waals surface area contributed by atoms with E-state index in [1.807, 2.05) is 0 Å². The summed E-state index contributed by atoms with van der Waals surface area (Å²) in [6, 6.07) is 2.23. The molecule has 2 amide bonds. The van der Waals surface area contributed by atoms with Crippen molar-refractivity contribution in [1.29, 1.82) is 0 Å². The zero-order valence-electron chi connectivity index (χ0n) is 18.7. The molecule has 1 aromatic carbocycles. The highest BCUT2D eigenvalue weighted by atomic mass is 32.1. The van der Waals surface area contributed by atoms with Gasteiger partial charge in [0.05, 0.1) is 23.8 Å². The third-order valence-electron chi connectivity index (χ3n) is 5.99. The molecule has 1 saturated carbocycles. The second-order valence-corrected chi connectivity index (χ2v) is 8.98. The van der Waals surface area contributed by atoms with Crippen molar-refractivity contribution < 1.29 is 32.6 Å². The van der Waals surface area contributed by atoms with Crippen LogP contribution in [-0.2, 0) is 19.1 Å². The van der Waals surface area contributed by atoms with Gasteiger partial charge in [-0.2, -0.15) is 0 Å². The zero-order valence-corrected chi connectivity index (χ0v) is 19.5. The number of nitrogens with one attached hydrogen (secondary N) is 1. The molecule has 0 aromatic heterocycles. The predicted molar refractivity (Wildman–Crippen MR) is 123 cm³/mol. The minimum atomic E-state index is -0.807. The molecular formula is C22H26F2N4O5S. The van der Waals surface area contributed by atoms with Gasteiger partial charge in [0.1, 0.15) is 11.8 Å². The number of carbonyl (C=O) groups excluding carboxylic acids is 3. The second-order valence-electron chi connectivity index (χ2n) is 8.54. The molecule has 3 fully saturated rings. The predicted octanol–water partition coefficient (Wildman–Crippen LogP) is 1.83. The van der Waals surface area contributed by atoms with Gasteiger partial charge in [-0.15, -0.1) is 0 Å². The van der Waals surface area contributed by atoms with Crippen LogP contribution in [0.25, 0.3) is 0 Å². The molecule has 1 aliphatic carbocycles. The van der Waals surface area contributed by atoms with Crippen molar-refractivity contribution in [3.05, 3.63) is 23.8 Å². The van der Waals surface area contributed by atoms with Crippen LogP contribution in [0.3, 0.4) is 0 Å². The van der Waals surface area contributed by atoms with E-state index in [1.54, 1.807) is 0 Å². The standard InChI is InChI=1S/C22H26F2N4O5S/c1-13(29)32-12-19(30)26-4-6-27(7-5-26)20-17(23)8-15(9-18(20)24)28-11-16(33-22(28)31)10-25-21(34)14-2-3-14/h8-9,14,16H,2-7,10-12H2,1H3,(H,25,34). The van der Waals surface area contributed by atoms with E-state index in [9.17, 15) is 23.2 Å². The fourth-order valence-electron chi connectivity index (χ4n) is 3.99. The number of hydrogen-bond donors (Lipinski definition) is 1. The van der Waals surface area contributed by atoms with Gasteiger partial charge in [-0.3, -0.25) is 14.5 Å². The molecule has 0 bridgehead atoms. The average molecular weight is 497 g/mol. The van der Waals surface area contributed by atoms with Crippen molar-refractivity contribution in [3.63, 3.8) is 0 Å². The summed E-state index contributed by atoms with van der Waals surface area (Å²) in [5, 5.41) is 3.10. The van der Waals surface area contributed by atoms with Crippen LogP contribution in [0.5, 0.6) is 0 Å². The molecule has 1 N–H and O–H groups in total. The minimum Gasteiger partial charge on any atom is -0.456 e. The monoisotopic (exact) mass is 496 g/mol. The van der Waals surface area contributed by atoms with E-state index in [1.165, 1.54) is 21.6 Å². The van der Waals surface area contributed by atoms with Crippen LogP contribution in [-0.4, -0.2) is 79.8 Å². The van der Waals surface area contributed by atoms with Crippen LogP contribution in [0.15, 0.2) is 12.1 Å². The Labute approximate surface area is 200 Å². The Morgan fingerprint density at radius 1 is 1.18 bits per heavy atom.